The lowest BCUT2D eigenvalue weighted by Gasteiger charge is -2.10. The Labute approximate surface area is 159 Å². The number of nitrogens with zero attached hydrogens (tertiary/aromatic N) is 1. The van der Waals surface area contributed by atoms with E-state index in [1.54, 1.807) is 36.4 Å². The van der Waals surface area contributed by atoms with Crippen molar-refractivity contribution in [3.63, 3.8) is 0 Å². The zero-order valence-corrected chi connectivity index (χ0v) is 15.8. The van der Waals surface area contributed by atoms with Crippen molar-refractivity contribution in [3.8, 4) is 0 Å². The van der Waals surface area contributed by atoms with Gasteiger partial charge < -0.3 is 15.5 Å². The molecule has 0 atom stereocenters. The van der Waals surface area contributed by atoms with Gasteiger partial charge in [-0.2, -0.15) is 0 Å². The molecule has 0 radical (unpaired) electrons. The minimum atomic E-state index is -0.274. The van der Waals surface area contributed by atoms with Crippen LogP contribution in [0.3, 0.4) is 0 Å². The van der Waals surface area contributed by atoms with Crippen LogP contribution in [0.2, 0.25) is 0 Å². The van der Waals surface area contributed by atoms with Crippen LogP contribution in [0.5, 0.6) is 0 Å². The first-order valence-electron chi connectivity index (χ1n) is 9.01. The molecule has 144 valence electrons. The highest BCUT2D eigenvalue weighted by molar-refractivity contribution is 5.97. The summed E-state index contributed by atoms with van der Waals surface area (Å²) >= 11 is 0. The van der Waals surface area contributed by atoms with Gasteiger partial charge in [-0.25, -0.2) is 4.39 Å². The number of halogens is 1. The summed E-state index contributed by atoms with van der Waals surface area (Å²) in [5, 5.41) is 5.69. The van der Waals surface area contributed by atoms with Crippen LogP contribution in [-0.2, 0) is 6.42 Å². The summed E-state index contributed by atoms with van der Waals surface area (Å²) in [6.45, 7) is 1.98. The van der Waals surface area contributed by atoms with Crippen LogP contribution < -0.4 is 10.6 Å². The number of hydrogen-bond donors (Lipinski definition) is 2. The van der Waals surface area contributed by atoms with Crippen LogP contribution in [0.25, 0.3) is 0 Å². The lowest BCUT2D eigenvalue weighted by molar-refractivity contribution is 0.0941. The molecule has 6 heteroatoms. The van der Waals surface area contributed by atoms with Crippen LogP contribution in [0.1, 0.15) is 32.7 Å². The van der Waals surface area contributed by atoms with E-state index in [4.69, 9.17) is 0 Å². The zero-order chi connectivity index (χ0) is 19.6. The third-order valence-corrected chi connectivity index (χ3v) is 4.09. The second kappa shape index (κ2) is 10.4. The van der Waals surface area contributed by atoms with Crippen molar-refractivity contribution in [2.24, 2.45) is 0 Å². The van der Waals surface area contributed by atoms with Crippen LogP contribution in [-0.4, -0.2) is 50.4 Å². The van der Waals surface area contributed by atoms with Gasteiger partial charge in [0.25, 0.3) is 11.8 Å². The molecular weight excluding hydrogens is 345 g/mol. The third kappa shape index (κ3) is 7.19. The van der Waals surface area contributed by atoms with Crippen LogP contribution in [0, 0.1) is 5.82 Å². The molecule has 0 aliphatic heterocycles. The Bertz CT molecular complexity index is 743. The summed E-state index contributed by atoms with van der Waals surface area (Å²) in [7, 11) is 3.98. The van der Waals surface area contributed by atoms with Gasteiger partial charge in [0.15, 0.2) is 0 Å². The van der Waals surface area contributed by atoms with Gasteiger partial charge in [0.2, 0.25) is 0 Å². The molecule has 2 aromatic carbocycles. The topological polar surface area (TPSA) is 61.4 Å². The molecule has 0 saturated carbocycles. The second-order valence-electron chi connectivity index (χ2n) is 6.62. The maximum absolute atomic E-state index is 12.9. The van der Waals surface area contributed by atoms with Gasteiger partial charge in [0.1, 0.15) is 5.82 Å². The third-order valence-electron chi connectivity index (χ3n) is 4.09. The van der Waals surface area contributed by atoms with E-state index >= 15 is 0 Å². The molecule has 0 saturated heterocycles. The monoisotopic (exact) mass is 371 g/mol. The molecule has 0 unspecified atom stereocenters. The maximum atomic E-state index is 12.9. The van der Waals surface area contributed by atoms with Gasteiger partial charge in [-0.1, -0.05) is 12.1 Å². The summed E-state index contributed by atoms with van der Waals surface area (Å²) in [5.41, 5.74) is 1.99. The molecule has 0 aliphatic rings. The predicted octanol–water partition coefficient (Wildman–Crippen LogP) is 2.48. The van der Waals surface area contributed by atoms with Crippen molar-refractivity contribution >= 4 is 11.8 Å². The van der Waals surface area contributed by atoms with E-state index in [0.717, 1.165) is 18.5 Å². The van der Waals surface area contributed by atoms with E-state index in [1.165, 1.54) is 12.1 Å². The fraction of sp³-hybridized carbons (Fsp3) is 0.333. The Balaban J connectivity index is 1.77. The lowest BCUT2D eigenvalue weighted by atomic mass is 10.1. The molecule has 0 bridgehead atoms. The second-order valence-corrected chi connectivity index (χ2v) is 6.62. The van der Waals surface area contributed by atoms with E-state index < -0.39 is 0 Å². The molecule has 27 heavy (non-hydrogen) atoms. The summed E-state index contributed by atoms with van der Waals surface area (Å²) in [4.78, 5) is 26.3. The molecule has 2 aromatic rings. The van der Waals surface area contributed by atoms with Gasteiger partial charge in [-0.15, -0.1) is 0 Å². The fourth-order valence-electron chi connectivity index (χ4n) is 2.55. The summed E-state index contributed by atoms with van der Waals surface area (Å²) in [6.07, 6.45) is 1.51. The highest BCUT2D eigenvalue weighted by Crippen LogP contribution is 2.06. The Kier molecular flexibility index (Phi) is 7.95. The molecule has 2 N–H and O–H groups in total. The van der Waals surface area contributed by atoms with E-state index in [1.807, 2.05) is 14.1 Å². The molecule has 0 aliphatic carbocycles. The fourth-order valence-corrected chi connectivity index (χ4v) is 2.55. The normalized spacial score (nSPS) is 10.7. The molecule has 2 amide bonds. The van der Waals surface area contributed by atoms with Crippen LogP contribution in [0.4, 0.5) is 4.39 Å². The van der Waals surface area contributed by atoms with Gasteiger partial charge >= 0.3 is 0 Å². The van der Waals surface area contributed by atoms with Gasteiger partial charge in [-0.3, -0.25) is 9.59 Å². The van der Waals surface area contributed by atoms with Crippen LogP contribution in [0.15, 0.2) is 48.5 Å². The summed E-state index contributed by atoms with van der Waals surface area (Å²) in [6, 6.07) is 12.8. The van der Waals surface area contributed by atoms with Crippen molar-refractivity contribution < 1.29 is 14.0 Å². The first-order valence-corrected chi connectivity index (χ1v) is 9.01. The number of amides is 2. The van der Waals surface area contributed by atoms with Crippen LogP contribution >= 0.6 is 0 Å². The SMILES string of the molecule is CN(C)CCCNC(=O)c1ccc(C(=O)NCCc2ccc(F)cc2)cc1. The average molecular weight is 371 g/mol. The Morgan fingerprint density at radius 3 is 1.89 bits per heavy atom. The van der Waals surface area contributed by atoms with Crippen molar-refractivity contribution in [3.05, 3.63) is 71.0 Å². The first kappa shape index (κ1) is 20.6. The Morgan fingerprint density at radius 2 is 1.37 bits per heavy atom. The highest BCUT2D eigenvalue weighted by atomic mass is 19.1. The molecule has 5 nitrogen and oxygen atoms in total. The van der Waals surface area contributed by atoms with E-state index in [2.05, 4.69) is 15.5 Å². The quantitative estimate of drug-likeness (QED) is 0.666. The molecule has 2 rings (SSSR count). The molecule has 0 spiro atoms. The smallest absolute Gasteiger partial charge is 0.251 e. The van der Waals surface area contributed by atoms with Gasteiger partial charge in [-0.05, 0) is 75.4 Å². The van der Waals surface area contributed by atoms with E-state index in [-0.39, 0.29) is 17.6 Å². The summed E-state index contributed by atoms with van der Waals surface area (Å²) in [5.74, 6) is -0.614. The first-order chi connectivity index (χ1) is 13.0. The van der Waals surface area contributed by atoms with Crippen molar-refractivity contribution in [2.75, 3.05) is 33.7 Å². The number of benzene rings is 2. The molecule has 0 heterocycles. The lowest BCUT2D eigenvalue weighted by Crippen LogP contribution is -2.27. The predicted molar refractivity (Wildman–Crippen MR) is 104 cm³/mol. The standard InChI is InChI=1S/C21H26FN3O2/c1-25(2)15-3-13-23-20(26)17-6-8-18(9-7-17)21(27)24-14-12-16-4-10-19(22)11-5-16/h4-11H,3,12-15H2,1-2H3,(H,23,26)(H,24,27). The van der Waals surface area contributed by atoms with E-state index in [9.17, 15) is 14.0 Å². The number of carbonyl (C=O) groups excluding carboxylic acids is 2. The number of nitrogens with one attached hydrogen (secondary N) is 2. The Hall–Kier alpha value is -2.73. The number of carbonyl (C=O) groups is 2. The van der Waals surface area contributed by atoms with Crippen molar-refractivity contribution in [1.29, 1.82) is 0 Å². The molecular formula is C21H26FN3O2. The van der Waals surface area contributed by atoms with Gasteiger partial charge in [0, 0.05) is 24.2 Å². The minimum Gasteiger partial charge on any atom is -0.352 e. The minimum absolute atomic E-state index is 0.142. The molecule has 0 fully saturated rings. The van der Waals surface area contributed by atoms with Crippen molar-refractivity contribution in [2.45, 2.75) is 12.8 Å². The van der Waals surface area contributed by atoms with E-state index in [0.29, 0.717) is 30.6 Å². The Morgan fingerprint density at radius 1 is 0.852 bits per heavy atom. The number of hydrogen-bond acceptors (Lipinski definition) is 3. The summed E-state index contributed by atoms with van der Waals surface area (Å²) < 4.78 is 12.9. The maximum Gasteiger partial charge on any atom is 0.251 e. The highest BCUT2D eigenvalue weighted by Gasteiger charge is 2.08. The molecule has 0 aromatic heterocycles. The van der Waals surface area contributed by atoms with Crippen molar-refractivity contribution in [1.82, 2.24) is 15.5 Å². The largest absolute Gasteiger partial charge is 0.352 e. The zero-order valence-electron chi connectivity index (χ0n) is 15.8. The average Bonchev–Trinajstić information content (AvgIpc) is 2.66. The number of rotatable bonds is 9. The van der Waals surface area contributed by atoms with Gasteiger partial charge in [0.05, 0.1) is 0 Å².